The van der Waals surface area contributed by atoms with Crippen LogP contribution in [0.1, 0.15) is 10.4 Å². The van der Waals surface area contributed by atoms with E-state index in [1.807, 2.05) is 12.1 Å². The van der Waals surface area contributed by atoms with Crippen LogP contribution in [0.4, 0.5) is 11.4 Å². The molecule has 29 heavy (non-hydrogen) atoms. The standard InChI is InChI=1S/C21H20N2O5S/c1-27-19-8-3-4-9-20(19)28-18-12-10-16(11-13-18)22-21(24)15-6-5-7-17(14-15)23-29(2,25)26/h3-14,23H,1-2H3,(H,22,24). The topological polar surface area (TPSA) is 93.7 Å². The quantitative estimate of drug-likeness (QED) is 0.609. The summed E-state index contributed by atoms with van der Waals surface area (Å²) in [6.45, 7) is 0. The lowest BCUT2D eigenvalue weighted by Crippen LogP contribution is -2.13. The molecule has 3 aromatic carbocycles. The average molecular weight is 412 g/mol. The van der Waals surface area contributed by atoms with Crippen molar-refractivity contribution in [2.24, 2.45) is 0 Å². The Morgan fingerprint density at radius 1 is 0.862 bits per heavy atom. The highest BCUT2D eigenvalue weighted by molar-refractivity contribution is 7.92. The Hall–Kier alpha value is -3.52. The minimum atomic E-state index is -3.42. The Morgan fingerprint density at radius 2 is 1.55 bits per heavy atom. The van der Waals surface area contributed by atoms with Crippen LogP contribution in [0.2, 0.25) is 0 Å². The van der Waals surface area contributed by atoms with Gasteiger partial charge in [-0.15, -0.1) is 0 Å². The number of sulfonamides is 1. The second-order valence-corrected chi connectivity index (χ2v) is 7.93. The summed E-state index contributed by atoms with van der Waals surface area (Å²) >= 11 is 0. The molecule has 1 amide bonds. The van der Waals surface area contributed by atoms with Crippen molar-refractivity contribution >= 4 is 27.3 Å². The van der Waals surface area contributed by atoms with Crippen LogP contribution in [-0.2, 0) is 10.0 Å². The zero-order valence-corrected chi connectivity index (χ0v) is 16.7. The van der Waals surface area contributed by atoms with E-state index in [0.29, 0.717) is 34.2 Å². The van der Waals surface area contributed by atoms with Gasteiger partial charge in [0.05, 0.1) is 13.4 Å². The first-order valence-electron chi connectivity index (χ1n) is 8.64. The molecular formula is C21H20N2O5S. The van der Waals surface area contributed by atoms with Gasteiger partial charge in [0.15, 0.2) is 11.5 Å². The van der Waals surface area contributed by atoms with Gasteiger partial charge in [-0.05, 0) is 54.6 Å². The van der Waals surface area contributed by atoms with Crippen molar-refractivity contribution in [3.8, 4) is 17.2 Å². The van der Waals surface area contributed by atoms with Gasteiger partial charge in [-0.3, -0.25) is 9.52 Å². The number of hydrogen-bond donors (Lipinski definition) is 2. The van der Waals surface area contributed by atoms with Gasteiger partial charge in [-0.2, -0.15) is 0 Å². The van der Waals surface area contributed by atoms with E-state index in [2.05, 4.69) is 10.0 Å². The minimum Gasteiger partial charge on any atom is -0.493 e. The van der Waals surface area contributed by atoms with Crippen molar-refractivity contribution in [1.29, 1.82) is 0 Å². The van der Waals surface area contributed by atoms with Crippen LogP contribution in [0.5, 0.6) is 17.2 Å². The number of para-hydroxylation sites is 2. The second kappa shape index (κ2) is 8.66. The molecule has 0 saturated carbocycles. The molecule has 0 aliphatic heterocycles. The number of carbonyl (C=O) groups is 1. The normalized spacial score (nSPS) is 10.8. The molecule has 0 unspecified atom stereocenters. The summed E-state index contributed by atoms with van der Waals surface area (Å²) in [7, 11) is -1.85. The number of rotatable bonds is 7. The zero-order chi connectivity index (χ0) is 20.9. The van der Waals surface area contributed by atoms with E-state index < -0.39 is 10.0 Å². The molecule has 0 spiro atoms. The molecule has 3 rings (SSSR count). The summed E-state index contributed by atoms with van der Waals surface area (Å²) in [4.78, 5) is 12.5. The highest BCUT2D eigenvalue weighted by atomic mass is 32.2. The van der Waals surface area contributed by atoms with Crippen molar-refractivity contribution in [1.82, 2.24) is 0 Å². The molecule has 0 aromatic heterocycles. The molecular weight excluding hydrogens is 392 g/mol. The van der Waals surface area contributed by atoms with Crippen molar-refractivity contribution in [3.05, 3.63) is 78.4 Å². The lowest BCUT2D eigenvalue weighted by molar-refractivity contribution is 0.102. The fourth-order valence-corrected chi connectivity index (χ4v) is 3.13. The van der Waals surface area contributed by atoms with Crippen molar-refractivity contribution < 1.29 is 22.7 Å². The van der Waals surface area contributed by atoms with Crippen LogP contribution in [0.15, 0.2) is 72.8 Å². The van der Waals surface area contributed by atoms with Crippen LogP contribution in [0.25, 0.3) is 0 Å². The number of carbonyl (C=O) groups excluding carboxylic acids is 1. The number of anilines is 2. The molecule has 0 heterocycles. The lowest BCUT2D eigenvalue weighted by Gasteiger charge is -2.11. The Balaban J connectivity index is 1.68. The molecule has 3 aromatic rings. The van der Waals surface area contributed by atoms with Gasteiger partial charge < -0.3 is 14.8 Å². The van der Waals surface area contributed by atoms with E-state index >= 15 is 0 Å². The molecule has 0 aliphatic carbocycles. The largest absolute Gasteiger partial charge is 0.493 e. The van der Waals surface area contributed by atoms with E-state index in [-0.39, 0.29) is 5.91 Å². The lowest BCUT2D eigenvalue weighted by atomic mass is 10.2. The Bertz CT molecular complexity index is 1110. The number of benzene rings is 3. The van der Waals surface area contributed by atoms with Crippen molar-refractivity contribution in [3.63, 3.8) is 0 Å². The second-order valence-electron chi connectivity index (χ2n) is 6.19. The number of ether oxygens (including phenoxy) is 2. The molecule has 0 radical (unpaired) electrons. The molecule has 0 saturated heterocycles. The third kappa shape index (κ3) is 5.73. The number of hydrogen-bond acceptors (Lipinski definition) is 5. The molecule has 0 fully saturated rings. The monoisotopic (exact) mass is 412 g/mol. The van der Waals surface area contributed by atoms with Gasteiger partial charge in [-0.25, -0.2) is 8.42 Å². The van der Waals surface area contributed by atoms with Gasteiger partial charge in [0.25, 0.3) is 5.91 Å². The van der Waals surface area contributed by atoms with Crippen LogP contribution in [-0.4, -0.2) is 27.7 Å². The highest BCUT2D eigenvalue weighted by Gasteiger charge is 2.10. The number of methoxy groups -OCH3 is 1. The minimum absolute atomic E-state index is 0.320. The van der Waals surface area contributed by atoms with E-state index in [1.165, 1.54) is 6.07 Å². The van der Waals surface area contributed by atoms with E-state index in [0.717, 1.165) is 6.26 Å². The molecule has 0 bridgehead atoms. The fraction of sp³-hybridized carbons (Fsp3) is 0.0952. The van der Waals surface area contributed by atoms with Gasteiger partial charge in [-0.1, -0.05) is 18.2 Å². The molecule has 2 N–H and O–H groups in total. The number of amides is 1. The Kier molecular flexibility index (Phi) is 6.04. The van der Waals surface area contributed by atoms with Gasteiger partial charge in [0.2, 0.25) is 10.0 Å². The maximum absolute atomic E-state index is 12.5. The fourth-order valence-electron chi connectivity index (χ4n) is 2.58. The summed E-state index contributed by atoms with van der Waals surface area (Å²) in [6.07, 6.45) is 1.05. The predicted octanol–water partition coefficient (Wildman–Crippen LogP) is 4.11. The Morgan fingerprint density at radius 3 is 2.21 bits per heavy atom. The molecule has 8 heteroatoms. The molecule has 0 atom stereocenters. The van der Waals surface area contributed by atoms with Crippen molar-refractivity contribution in [2.45, 2.75) is 0 Å². The summed E-state index contributed by atoms with van der Waals surface area (Å²) in [5.41, 5.74) is 1.22. The molecule has 150 valence electrons. The van der Waals surface area contributed by atoms with E-state index in [1.54, 1.807) is 61.7 Å². The van der Waals surface area contributed by atoms with E-state index in [4.69, 9.17) is 9.47 Å². The highest BCUT2D eigenvalue weighted by Crippen LogP contribution is 2.31. The van der Waals surface area contributed by atoms with Crippen LogP contribution in [0.3, 0.4) is 0 Å². The first-order valence-corrected chi connectivity index (χ1v) is 10.5. The van der Waals surface area contributed by atoms with Gasteiger partial charge in [0.1, 0.15) is 5.75 Å². The zero-order valence-electron chi connectivity index (χ0n) is 15.9. The molecule has 7 nitrogen and oxygen atoms in total. The smallest absolute Gasteiger partial charge is 0.255 e. The van der Waals surface area contributed by atoms with Gasteiger partial charge in [0, 0.05) is 16.9 Å². The van der Waals surface area contributed by atoms with Crippen molar-refractivity contribution in [2.75, 3.05) is 23.4 Å². The SMILES string of the molecule is COc1ccccc1Oc1ccc(NC(=O)c2cccc(NS(C)(=O)=O)c2)cc1. The van der Waals surface area contributed by atoms with Crippen LogP contribution >= 0.6 is 0 Å². The van der Waals surface area contributed by atoms with Crippen LogP contribution < -0.4 is 19.5 Å². The first kappa shape index (κ1) is 20.2. The van der Waals surface area contributed by atoms with E-state index in [9.17, 15) is 13.2 Å². The predicted molar refractivity (Wildman–Crippen MR) is 112 cm³/mol. The third-order valence-electron chi connectivity index (χ3n) is 3.84. The third-order valence-corrected chi connectivity index (χ3v) is 4.44. The van der Waals surface area contributed by atoms with Gasteiger partial charge >= 0.3 is 0 Å². The van der Waals surface area contributed by atoms with Crippen LogP contribution in [0, 0.1) is 0 Å². The summed E-state index contributed by atoms with van der Waals surface area (Å²) < 4.78 is 36.1. The average Bonchev–Trinajstić information content (AvgIpc) is 2.69. The summed E-state index contributed by atoms with van der Waals surface area (Å²) in [6, 6.07) is 20.4. The maximum atomic E-state index is 12.5. The Labute approximate surface area is 169 Å². The first-order chi connectivity index (χ1) is 13.8. The molecule has 0 aliphatic rings. The summed E-state index contributed by atoms with van der Waals surface area (Å²) in [5.74, 6) is 1.43. The number of nitrogens with one attached hydrogen (secondary N) is 2. The summed E-state index contributed by atoms with van der Waals surface area (Å²) in [5, 5.41) is 2.77. The maximum Gasteiger partial charge on any atom is 0.255 e.